The van der Waals surface area contributed by atoms with Crippen LogP contribution in [0.2, 0.25) is 0 Å². The molecule has 2 aliphatic heterocycles. The summed E-state index contributed by atoms with van der Waals surface area (Å²) in [6, 6.07) is 5.60. The van der Waals surface area contributed by atoms with Gasteiger partial charge in [0, 0.05) is 32.6 Å². The van der Waals surface area contributed by atoms with Crippen molar-refractivity contribution in [3.8, 4) is 11.8 Å². The number of nitrogens with zero attached hydrogens (tertiary/aromatic N) is 3. The first-order valence-corrected chi connectivity index (χ1v) is 13.9. The highest BCUT2D eigenvalue weighted by Crippen LogP contribution is 2.34. The molecule has 0 bridgehead atoms. The van der Waals surface area contributed by atoms with Crippen molar-refractivity contribution >= 4 is 23.4 Å². The van der Waals surface area contributed by atoms with Crippen LogP contribution in [0.4, 0.5) is 0 Å². The normalized spacial score (nSPS) is 16.1. The number of aromatic nitrogens is 2. The molecular weight excluding hydrogens is 480 g/mol. The van der Waals surface area contributed by atoms with Gasteiger partial charge in [0.2, 0.25) is 12.3 Å². The van der Waals surface area contributed by atoms with Gasteiger partial charge in [0.05, 0.1) is 23.1 Å². The van der Waals surface area contributed by atoms with Crippen LogP contribution in [0.15, 0.2) is 23.0 Å². The molecule has 0 saturated carbocycles. The third-order valence-electron chi connectivity index (χ3n) is 6.99. The van der Waals surface area contributed by atoms with Crippen molar-refractivity contribution < 1.29 is 9.59 Å². The number of imide groups is 1. The number of hydrogen-bond donors (Lipinski definition) is 3. The van der Waals surface area contributed by atoms with E-state index in [-0.39, 0.29) is 24.1 Å². The van der Waals surface area contributed by atoms with Crippen molar-refractivity contribution in [2.24, 2.45) is 18.2 Å². The van der Waals surface area contributed by atoms with Crippen LogP contribution in [0.25, 0.3) is 11.0 Å². The summed E-state index contributed by atoms with van der Waals surface area (Å²) in [4.78, 5) is 37.4. The van der Waals surface area contributed by atoms with Gasteiger partial charge in [0.15, 0.2) is 0 Å². The standard InChI is InChI=1S/C24H31N5O3.2C2H6.CH5N/c1-18(8-9-21(31)26-17-30)29-20-7-3-5-19(22(20)27(2)23(29)32)6-4-12-28-13-10-24(11-14-28)15-25-16-24;3*1-2/h3,5,7,17-18,25H,8-16H2,1-2H3,(H,26,30,31);2*1-2H3;2H2,1H3. The van der Waals surface area contributed by atoms with Crippen LogP contribution in [-0.2, 0) is 16.6 Å². The lowest BCUT2D eigenvalue weighted by atomic mass is 9.73. The van der Waals surface area contributed by atoms with Crippen LogP contribution >= 0.6 is 0 Å². The number of piperidine rings is 1. The number of fused-ring (bicyclic) bond motifs is 1. The first kappa shape index (κ1) is 33.1. The van der Waals surface area contributed by atoms with Crippen molar-refractivity contribution in [3.05, 3.63) is 34.2 Å². The fourth-order valence-corrected chi connectivity index (χ4v) is 4.84. The number of nitrogens with two attached hydrogens (primary N) is 1. The lowest BCUT2D eigenvalue weighted by Crippen LogP contribution is -2.58. The highest BCUT2D eigenvalue weighted by atomic mass is 16.2. The second kappa shape index (κ2) is 16.8. The minimum atomic E-state index is -0.344. The van der Waals surface area contributed by atoms with E-state index in [4.69, 9.17) is 0 Å². The highest BCUT2D eigenvalue weighted by molar-refractivity contribution is 5.86. The number of nitrogens with one attached hydrogen (secondary N) is 2. The number of amides is 2. The minimum Gasteiger partial charge on any atom is -0.333 e. The van der Waals surface area contributed by atoms with Crippen LogP contribution in [0.1, 0.15) is 71.9 Å². The maximum Gasteiger partial charge on any atom is 0.329 e. The molecule has 9 nitrogen and oxygen atoms in total. The van der Waals surface area contributed by atoms with E-state index in [1.54, 1.807) is 16.2 Å². The van der Waals surface area contributed by atoms with Gasteiger partial charge in [-0.2, -0.15) is 0 Å². The summed E-state index contributed by atoms with van der Waals surface area (Å²) in [7, 11) is 3.26. The summed E-state index contributed by atoms with van der Waals surface area (Å²) in [6.45, 7) is 15.1. The van der Waals surface area contributed by atoms with Crippen molar-refractivity contribution in [1.82, 2.24) is 24.7 Å². The van der Waals surface area contributed by atoms with E-state index >= 15 is 0 Å². The van der Waals surface area contributed by atoms with Gasteiger partial charge in [-0.1, -0.05) is 45.6 Å². The maximum atomic E-state index is 13.0. The van der Waals surface area contributed by atoms with Crippen molar-refractivity contribution in [2.45, 2.75) is 66.3 Å². The third-order valence-corrected chi connectivity index (χ3v) is 6.99. The first-order valence-electron chi connectivity index (χ1n) is 13.9. The van der Waals surface area contributed by atoms with Gasteiger partial charge in [-0.05, 0) is 63.9 Å². The molecular formula is C29H48N6O3. The molecule has 38 heavy (non-hydrogen) atoms. The topological polar surface area (TPSA) is 114 Å². The van der Waals surface area contributed by atoms with Gasteiger partial charge in [-0.25, -0.2) is 4.79 Å². The van der Waals surface area contributed by atoms with Crippen molar-refractivity contribution in [3.63, 3.8) is 0 Å². The van der Waals surface area contributed by atoms with Crippen molar-refractivity contribution in [2.75, 3.05) is 39.8 Å². The van der Waals surface area contributed by atoms with Gasteiger partial charge in [0.1, 0.15) is 0 Å². The Balaban J connectivity index is 0.00000112. The van der Waals surface area contributed by atoms with E-state index in [2.05, 4.69) is 33.1 Å². The number of aryl methyl sites for hydroxylation is 1. The number of benzene rings is 1. The van der Waals surface area contributed by atoms with E-state index in [0.29, 0.717) is 18.2 Å². The zero-order valence-corrected chi connectivity index (χ0v) is 24.4. The summed E-state index contributed by atoms with van der Waals surface area (Å²) in [5, 5.41) is 5.54. The zero-order valence-electron chi connectivity index (χ0n) is 24.4. The van der Waals surface area contributed by atoms with Gasteiger partial charge in [-0.15, -0.1) is 0 Å². The lowest BCUT2D eigenvalue weighted by molar-refractivity contribution is -0.125. The first-order chi connectivity index (χ1) is 18.4. The molecule has 0 aliphatic carbocycles. The fourth-order valence-electron chi connectivity index (χ4n) is 4.84. The van der Waals surface area contributed by atoms with Crippen LogP contribution < -0.4 is 22.1 Å². The van der Waals surface area contributed by atoms with Crippen LogP contribution in [-0.4, -0.2) is 66.1 Å². The molecule has 0 radical (unpaired) electrons. The maximum absolute atomic E-state index is 13.0. The average molecular weight is 529 g/mol. The predicted octanol–water partition coefficient (Wildman–Crippen LogP) is 2.62. The molecule has 1 aromatic heterocycles. The molecule has 2 saturated heterocycles. The molecule has 2 amide bonds. The molecule has 2 fully saturated rings. The molecule has 4 N–H and O–H groups in total. The quantitative estimate of drug-likeness (QED) is 0.392. The summed E-state index contributed by atoms with van der Waals surface area (Å²) >= 11 is 0. The number of carbonyl (C=O) groups is 2. The van der Waals surface area contributed by atoms with Crippen LogP contribution in [0.3, 0.4) is 0 Å². The van der Waals surface area contributed by atoms with Gasteiger partial charge in [-0.3, -0.25) is 28.9 Å². The molecule has 4 rings (SSSR count). The number of imidazole rings is 1. The number of hydrogen-bond acceptors (Lipinski definition) is 6. The molecule has 3 heterocycles. The molecule has 1 atom stereocenters. The van der Waals surface area contributed by atoms with Gasteiger partial charge in [0.25, 0.3) is 0 Å². The molecule has 1 aromatic carbocycles. The number of para-hydroxylation sites is 1. The Bertz CT molecular complexity index is 1130. The average Bonchev–Trinajstić information content (AvgIpc) is 3.20. The van der Waals surface area contributed by atoms with Crippen LogP contribution in [0.5, 0.6) is 0 Å². The summed E-state index contributed by atoms with van der Waals surface area (Å²) < 4.78 is 3.35. The molecule has 1 unspecified atom stereocenters. The molecule has 1 spiro atoms. The smallest absolute Gasteiger partial charge is 0.329 e. The SMILES string of the molecule is CC.CC.CC(CCC(=O)NC=O)n1c(=O)n(C)c2c(C#CCN3CCC4(CC3)CNC4)cccc21.CN. The van der Waals surface area contributed by atoms with Gasteiger partial charge >= 0.3 is 5.69 Å². The Morgan fingerprint density at radius 2 is 1.82 bits per heavy atom. The molecule has 212 valence electrons. The Morgan fingerprint density at radius 3 is 2.37 bits per heavy atom. The number of likely N-dealkylation sites (tertiary alicyclic amines) is 1. The van der Waals surface area contributed by atoms with Crippen molar-refractivity contribution in [1.29, 1.82) is 0 Å². The summed E-state index contributed by atoms with van der Waals surface area (Å²) in [6.07, 6.45) is 3.49. The second-order valence-electron chi connectivity index (χ2n) is 9.14. The summed E-state index contributed by atoms with van der Waals surface area (Å²) in [5.41, 5.74) is 7.36. The van der Waals surface area contributed by atoms with E-state index in [1.807, 2.05) is 52.8 Å². The van der Waals surface area contributed by atoms with E-state index in [0.717, 1.165) is 49.3 Å². The van der Waals surface area contributed by atoms with Gasteiger partial charge < -0.3 is 11.1 Å². The Morgan fingerprint density at radius 1 is 1.18 bits per heavy atom. The zero-order chi connectivity index (χ0) is 28.7. The molecule has 9 heteroatoms. The Labute approximate surface area is 228 Å². The van der Waals surface area contributed by atoms with E-state index in [9.17, 15) is 14.4 Å². The minimum absolute atomic E-state index is 0.131. The molecule has 2 aliphatic rings. The number of rotatable bonds is 6. The molecule has 2 aromatic rings. The van der Waals surface area contributed by atoms with Crippen LogP contribution in [0, 0.1) is 17.3 Å². The van der Waals surface area contributed by atoms with E-state index in [1.165, 1.54) is 19.9 Å². The number of carbonyl (C=O) groups excluding carboxylic acids is 2. The fraction of sp³-hybridized carbons (Fsp3) is 0.621. The monoisotopic (exact) mass is 528 g/mol. The lowest BCUT2D eigenvalue weighted by Gasteiger charge is -2.48. The second-order valence-corrected chi connectivity index (χ2v) is 9.14. The Hall–Kier alpha value is -2.93. The predicted molar refractivity (Wildman–Crippen MR) is 156 cm³/mol. The third kappa shape index (κ3) is 8.03. The summed E-state index contributed by atoms with van der Waals surface area (Å²) in [5.74, 6) is 6.26. The largest absolute Gasteiger partial charge is 0.333 e. The van der Waals surface area contributed by atoms with E-state index < -0.39 is 0 Å². The Kier molecular flexibility index (Phi) is 14.6. The highest BCUT2D eigenvalue weighted by Gasteiger charge is 2.39.